The van der Waals surface area contributed by atoms with Crippen LogP contribution >= 0.6 is 0 Å². The molecule has 0 radical (unpaired) electrons. The highest BCUT2D eigenvalue weighted by Gasteiger charge is 2.45. The van der Waals surface area contributed by atoms with Crippen LogP contribution in [0.4, 0.5) is 9.59 Å². The number of esters is 1. The molecule has 1 aliphatic rings. The third-order valence-corrected chi connectivity index (χ3v) is 22.0. The van der Waals surface area contributed by atoms with Crippen molar-refractivity contribution in [3.63, 3.8) is 0 Å². The van der Waals surface area contributed by atoms with E-state index in [1.165, 1.54) is 57.4 Å². The summed E-state index contributed by atoms with van der Waals surface area (Å²) in [4.78, 5) is 219. The molecule has 676 valence electrons. The number of nitrogens with two attached hydrogens (primary N) is 1. The van der Waals surface area contributed by atoms with Crippen molar-refractivity contribution in [2.24, 2.45) is 53.2 Å². The molecule has 0 bridgehead atoms. The lowest BCUT2D eigenvalue weighted by Gasteiger charge is -2.41. The summed E-state index contributed by atoms with van der Waals surface area (Å²) < 4.78 is 33.4. The monoisotopic (exact) mass is 1710 g/mol. The van der Waals surface area contributed by atoms with E-state index >= 15 is 0 Å². The summed E-state index contributed by atoms with van der Waals surface area (Å²) in [6.07, 6.45) is -3.84. The normalized spacial score (nSPS) is 15.8. The molecule has 14 atom stereocenters. The average molecular weight is 1720 g/mol. The largest absolute Gasteiger partial charge is 0.481 e. The molecular formula is C87H127N9O26. The average Bonchev–Trinajstić information content (AvgIpc) is 1.32. The fourth-order valence-electron chi connectivity index (χ4n) is 14.8. The smallest absolute Gasteiger partial charge is 0.410 e. The van der Waals surface area contributed by atoms with Crippen LogP contribution in [0.3, 0.4) is 0 Å². The number of urea groups is 1. The Bertz CT molecular complexity index is 3940. The maximum Gasteiger partial charge on any atom is 0.410 e. The van der Waals surface area contributed by atoms with Gasteiger partial charge in [0.2, 0.25) is 29.5 Å². The number of carbonyl (C=O) groups excluding carboxylic acids is 13. The molecule has 1 heterocycles. The number of hydrogen-bond donors (Lipinski definition) is 9. The number of methoxy groups -OCH3 is 2. The molecule has 8 amide bonds. The van der Waals surface area contributed by atoms with Crippen LogP contribution in [-0.4, -0.2) is 241 Å². The summed E-state index contributed by atoms with van der Waals surface area (Å²) in [5.74, 6) is -7.97. The highest BCUT2D eigenvalue weighted by atomic mass is 16.6. The van der Waals surface area contributed by atoms with Crippen LogP contribution in [0.1, 0.15) is 175 Å². The van der Waals surface area contributed by atoms with Gasteiger partial charge in [-0.1, -0.05) is 135 Å². The van der Waals surface area contributed by atoms with E-state index in [1.54, 1.807) is 75.7 Å². The Kier molecular flexibility index (Phi) is 45.3. The van der Waals surface area contributed by atoms with Gasteiger partial charge in [0, 0.05) is 117 Å². The van der Waals surface area contributed by atoms with Crippen LogP contribution in [0.5, 0.6) is 5.75 Å². The van der Waals surface area contributed by atoms with Crippen molar-refractivity contribution in [1.82, 2.24) is 41.3 Å². The van der Waals surface area contributed by atoms with Gasteiger partial charge >= 0.3 is 36.0 Å². The number of carbonyl (C=O) groups is 16. The van der Waals surface area contributed by atoms with E-state index in [2.05, 4.69) is 36.2 Å². The van der Waals surface area contributed by atoms with E-state index in [1.807, 2.05) is 58.0 Å². The molecule has 1 unspecified atom stereocenters. The van der Waals surface area contributed by atoms with Crippen LogP contribution in [0.2, 0.25) is 0 Å². The number of ketones is 4. The van der Waals surface area contributed by atoms with Gasteiger partial charge in [-0.05, 0) is 97.1 Å². The number of carboxylic acids is 3. The van der Waals surface area contributed by atoms with Crippen molar-refractivity contribution in [3.05, 3.63) is 101 Å². The van der Waals surface area contributed by atoms with Gasteiger partial charge < -0.3 is 85.0 Å². The minimum atomic E-state index is -1.45. The number of aliphatic carboxylic acids is 3. The Morgan fingerprint density at radius 3 is 1.84 bits per heavy atom. The number of ether oxygens (including phenoxy) is 6. The van der Waals surface area contributed by atoms with Crippen LogP contribution < -0.4 is 37.2 Å². The first-order valence-corrected chi connectivity index (χ1v) is 41.4. The molecule has 35 heteroatoms. The summed E-state index contributed by atoms with van der Waals surface area (Å²) in [6.45, 7) is 17.6. The van der Waals surface area contributed by atoms with Gasteiger partial charge in [0.1, 0.15) is 30.8 Å². The zero-order valence-corrected chi connectivity index (χ0v) is 72.6. The van der Waals surface area contributed by atoms with E-state index in [4.69, 9.17) is 34.7 Å². The van der Waals surface area contributed by atoms with E-state index in [0.29, 0.717) is 42.5 Å². The van der Waals surface area contributed by atoms with Crippen molar-refractivity contribution in [2.75, 3.05) is 61.2 Å². The SMILES string of the molecule is CC[C@H](C)[C@@H]([C@@H](CC(=O)N1CCC[C@H]1[C@H](OC)[C@@H](C)C(=O)C[C@@H](Cc1ccccc1)C(=O)O)OC)N(C)C(=O)[C@@H](CC(=O)[C@H](C(C)C)N(C)C(=O)OCc1ccc(CC(=O)[C@H](C)NC(=O)[C@@H](CC(=O)C(CCC(=O)NCCOCCCC(=O)Oc2ccc(C[C@H](NC(=O)N[C@@H](CCC(=O)O)OC=O)C(=O)O)cc2)NC(=O)CON)C(C)C)cc1)C(C)C. The minimum absolute atomic E-state index is 0.0124. The van der Waals surface area contributed by atoms with Crippen molar-refractivity contribution in [2.45, 2.75) is 233 Å². The third-order valence-electron chi connectivity index (χ3n) is 22.0. The summed E-state index contributed by atoms with van der Waals surface area (Å²) >= 11 is 0. The minimum Gasteiger partial charge on any atom is -0.481 e. The van der Waals surface area contributed by atoms with E-state index < -0.39 is 163 Å². The molecule has 3 aromatic carbocycles. The van der Waals surface area contributed by atoms with Gasteiger partial charge in [0.15, 0.2) is 23.6 Å². The van der Waals surface area contributed by atoms with Gasteiger partial charge in [-0.3, -0.25) is 67.2 Å². The zero-order valence-electron chi connectivity index (χ0n) is 72.6. The molecule has 0 aromatic heterocycles. The predicted molar refractivity (Wildman–Crippen MR) is 443 cm³/mol. The lowest BCUT2D eigenvalue weighted by molar-refractivity contribution is -0.149. The number of Topliss-reactive ketones (excluding diaryl/α,β-unsaturated/α-hetero) is 4. The Labute approximate surface area is 713 Å². The number of nitrogens with zero attached hydrogens (tertiary/aromatic N) is 3. The number of likely N-dealkylation sites (N-methyl/N-ethyl adjacent to an activating group) is 2. The highest BCUT2D eigenvalue weighted by molar-refractivity contribution is 5.96. The molecule has 0 aliphatic carbocycles. The molecule has 3 aromatic rings. The van der Waals surface area contributed by atoms with Crippen LogP contribution in [0.15, 0.2) is 78.9 Å². The summed E-state index contributed by atoms with van der Waals surface area (Å²) in [6, 6.07) is 14.7. The van der Waals surface area contributed by atoms with Gasteiger partial charge in [0.25, 0.3) is 6.47 Å². The fraction of sp³-hybridized carbons (Fsp3) is 0.609. The number of nitrogens with one attached hydrogen (secondary N) is 5. The predicted octanol–water partition coefficient (Wildman–Crippen LogP) is 6.51. The molecular weight excluding hydrogens is 1590 g/mol. The molecule has 0 spiro atoms. The van der Waals surface area contributed by atoms with Crippen molar-refractivity contribution >= 4 is 95.1 Å². The van der Waals surface area contributed by atoms with Crippen molar-refractivity contribution < 1.29 is 125 Å². The second-order valence-corrected chi connectivity index (χ2v) is 32.1. The molecule has 4 rings (SSSR count). The van der Waals surface area contributed by atoms with Gasteiger partial charge in [-0.25, -0.2) is 20.3 Å². The van der Waals surface area contributed by atoms with Gasteiger partial charge in [-0.15, -0.1) is 0 Å². The first-order chi connectivity index (χ1) is 57.8. The second kappa shape index (κ2) is 53.3. The summed E-state index contributed by atoms with van der Waals surface area (Å²) in [7, 11) is 6.08. The summed E-state index contributed by atoms with van der Waals surface area (Å²) in [5.41, 5.74) is 2.35. The maximum absolute atomic E-state index is 14.9. The topological polar surface area (TPSA) is 494 Å². The van der Waals surface area contributed by atoms with Crippen LogP contribution in [-0.2, 0) is 122 Å². The summed E-state index contributed by atoms with van der Waals surface area (Å²) in [5, 5.41) is 41.0. The fourth-order valence-corrected chi connectivity index (χ4v) is 14.8. The molecule has 1 saturated heterocycles. The number of rotatable bonds is 58. The van der Waals surface area contributed by atoms with E-state index in [0.717, 1.165) is 5.56 Å². The van der Waals surface area contributed by atoms with Crippen LogP contribution in [0, 0.1) is 47.3 Å². The Hall–Kier alpha value is -10.6. The molecule has 0 saturated carbocycles. The first kappa shape index (κ1) is 104. The number of benzene rings is 3. The van der Waals surface area contributed by atoms with Crippen molar-refractivity contribution in [3.8, 4) is 5.75 Å². The molecule has 35 nitrogen and oxygen atoms in total. The lowest BCUT2D eigenvalue weighted by atomic mass is 9.83. The third kappa shape index (κ3) is 34.7. The standard InChI is InChI=1S/C87H127N9O26/c1-15-54(8)80(72(116-13)47-76(104)96-38-19-23-67(96)81(117-14)55(9)68(98)44-61(84(110)111)41-57-21-17-16-18-22-57)94(11)83(109)64(52(4)5)46-71(101)79(53(6)7)95(12)87(115)119-48-60-27-25-59(26-28-60)43-69(99)56(10)90-82(108)63(51(2)3)45-70(100)65(91-74(103)49-121-88)33-34-73(102)89-37-40-118-39-20-24-78(107)122-62-31-29-58(30-32-62)42-66(85(112)113)92-86(114)93-75(120-50-97)35-36-77(105)106/h16-18,21-22,25-32,50-56,61,63-67,72,75,79-81H,15,19-20,23-24,33-49,88H2,1-14H3,(H,89,102)(H,90,108)(H,91,103)(H,105,106)(H,110,111)(H,112,113)(H2,92,93,114)/t54-,55-,56-,61+,63-,64-,65?,66-,67-,72+,75+,79-,80-,81+/m0/s1. The first-order valence-electron chi connectivity index (χ1n) is 41.4. The Morgan fingerprint density at radius 2 is 1.25 bits per heavy atom. The quantitative estimate of drug-likeness (QED) is 0.00725. The highest BCUT2D eigenvalue weighted by Crippen LogP contribution is 2.33. The zero-order chi connectivity index (χ0) is 91.0. The van der Waals surface area contributed by atoms with Crippen molar-refractivity contribution in [1.29, 1.82) is 0 Å². The number of likely N-dealkylation sites (tertiary alicyclic amines) is 1. The number of carboxylic acid groups (broad SMARTS) is 3. The van der Waals surface area contributed by atoms with E-state index in [9.17, 15) is 86.9 Å². The Balaban J connectivity index is 1.26. The maximum atomic E-state index is 14.9. The lowest BCUT2D eigenvalue weighted by Crippen LogP contribution is -2.54. The van der Waals surface area contributed by atoms with Crippen LogP contribution in [0.25, 0.3) is 0 Å². The van der Waals surface area contributed by atoms with Gasteiger partial charge in [-0.2, -0.15) is 0 Å². The van der Waals surface area contributed by atoms with Gasteiger partial charge in [0.05, 0.1) is 67.8 Å². The molecule has 10 N–H and O–H groups in total. The van der Waals surface area contributed by atoms with E-state index in [-0.39, 0.29) is 157 Å². The number of hydrogen-bond acceptors (Lipinski definition) is 24. The molecule has 1 aliphatic heterocycles. The Morgan fingerprint density at radius 1 is 0.623 bits per heavy atom. The molecule has 122 heavy (non-hydrogen) atoms. The molecule has 1 fully saturated rings. The second-order valence-electron chi connectivity index (χ2n) is 32.1. The number of amides is 8.